The third kappa shape index (κ3) is 11.3. The maximum absolute atomic E-state index is 14.0. The Morgan fingerprint density at radius 3 is 2.04 bits per heavy atom. The van der Waals surface area contributed by atoms with Crippen molar-refractivity contribution in [2.45, 2.75) is 117 Å². The molecule has 0 heterocycles. The predicted octanol–water partition coefficient (Wildman–Crippen LogP) is 5.21. The Hall–Kier alpha value is -4.27. The summed E-state index contributed by atoms with van der Waals surface area (Å²) in [4.78, 5) is 65.3. The van der Waals surface area contributed by atoms with E-state index in [2.05, 4.69) is 21.9 Å². The smallest absolute Gasteiger partial charge is 0.330 e. The molecule has 0 aliphatic heterocycles. The number of aliphatic carboxylic acids is 2. The highest BCUT2D eigenvalue weighted by atomic mass is 16.6. The average Bonchev–Trinajstić information content (AvgIpc) is 2.87. The molecule has 5 N–H and O–H groups in total. The van der Waals surface area contributed by atoms with Gasteiger partial charge in [0.25, 0.3) is 0 Å². The van der Waals surface area contributed by atoms with Crippen LogP contribution in [0.15, 0.2) is 24.3 Å². The van der Waals surface area contributed by atoms with Gasteiger partial charge < -0.3 is 35.8 Å². The number of anilines is 1. The van der Waals surface area contributed by atoms with Gasteiger partial charge in [-0.2, -0.15) is 0 Å². The Labute approximate surface area is 266 Å². The standard InChI is InChI=1S/C33H50N4O8/c1-11-22-16-12-13-17-23(22)35-28(43)34-21-15-14-18-24(26(40)45-32(8,9)10)36-29(44)37(31(5,6)7)33(27(41)42,30(2,3)4)20-19-25(38)39/h1,12-13,16-17,24H,14-15,18-21H2,2-10H3,(H,36,44)(H,38,39)(H,41,42)(H2,34,35,43)/t24-,33-/m0/s1. The number of carboxylic acids is 2. The molecular weight excluding hydrogens is 580 g/mol. The van der Waals surface area contributed by atoms with Gasteiger partial charge in [0, 0.05) is 24.1 Å². The third-order valence-corrected chi connectivity index (χ3v) is 7.08. The summed E-state index contributed by atoms with van der Waals surface area (Å²) in [5.41, 5.74) is -3.98. The van der Waals surface area contributed by atoms with Crippen molar-refractivity contribution in [3.63, 3.8) is 0 Å². The molecule has 1 aromatic carbocycles. The van der Waals surface area contributed by atoms with Gasteiger partial charge in [0.15, 0.2) is 0 Å². The number of carbonyl (C=O) groups is 5. The summed E-state index contributed by atoms with van der Waals surface area (Å²) in [7, 11) is 0. The predicted molar refractivity (Wildman–Crippen MR) is 172 cm³/mol. The van der Waals surface area contributed by atoms with Gasteiger partial charge in [-0.25, -0.2) is 19.2 Å². The van der Waals surface area contributed by atoms with Crippen molar-refractivity contribution in [2.24, 2.45) is 5.41 Å². The normalized spacial score (nSPS) is 13.8. The number of esters is 1. The lowest BCUT2D eigenvalue weighted by molar-refractivity contribution is -0.164. The largest absolute Gasteiger partial charge is 0.481 e. The molecule has 0 radical (unpaired) electrons. The number of amides is 4. The van der Waals surface area contributed by atoms with Gasteiger partial charge in [0.1, 0.15) is 17.2 Å². The summed E-state index contributed by atoms with van der Waals surface area (Å²) in [6.07, 6.45) is 5.59. The van der Waals surface area contributed by atoms with E-state index in [0.29, 0.717) is 24.1 Å². The minimum Gasteiger partial charge on any atom is -0.481 e. The number of hydrogen-bond acceptors (Lipinski definition) is 6. The lowest BCUT2D eigenvalue weighted by atomic mass is 9.68. The molecule has 4 amide bonds. The molecule has 12 heteroatoms. The molecule has 1 aromatic rings. The molecule has 0 saturated heterocycles. The Bertz CT molecular complexity index is 1270. The van der Waals surface area contributed by atoms with Crippen molar-refractivity contribution >= 4 is 35.7 Å². The van der Waals surface area contributed by atoms with E-state index in [0.717, 1.165) is 4.90 Å². The van der Waals surface area contributed by atoms with Crippen LogP contribution >= 0.6 is 0 Å². The summed E-state index contributed by atoms with van der Waals surface area (Å²) in [6, 6.07) is 4.45. The van der Waals surface area contributed by atoms with E-state index in [1.807, 2.05) is 0 Å². The molecule has 0 aromatic heterocycles. The zero-order valence-electron chi connectivity index (χ0n) is 28.0. The highest BCUT2D eigenvalue weighted by Gasteiger charge is 2.58. The van der Waals surface area contributed by atoms with E-state index in [-0.39, 0.29) is 19.4 Å². The van der Waals surface area contributed by atoms with Crippen LogP contribution in [0.25, 0.3) is 0 Å². The second kappa shape index (κ2) is 15.6. The molecular formula is C33H50N4O8. The van der Waals surface area contributed by atoms with Crippen LogP contribution in [0.1, 0.15) is 100.0 Å². The number of unbranched alkanes of at least 4 members (excludes halogenated alkanes) is 1. The fourth-order valence-corrected chi connectivity index (χ4v) is 5.08. The Balaban J connectivity index is 3.19. The van der Waals surface area contributed by atoms with Crippen molar-refractivity contribution in [1.82, 2.24) is 15.5 Å². The minimum atomic E-state index is -1.94. The number of carbonyl (C=O) groups excluding carboxylic acids is 3. The number of benzene rings is 1. The van der Waals surface area contributed by atoms with Gasteiger partial charge in [-0.3, -0.25) is 4.79 Å². The maximum Gasteiger partial charge on any atom is 0.330 e. The van der Waals surface area contributed by atoms with Crippen LogP contribution in [0.3, 0.4) is 0 Å². The highest BCUT2D eigenvalue weighted by molar-refractivity contribution is 5.91. The van der Waals surface area contributed by atoms with Crippen LogP contribution in [0, 0.1) is 17.8 Å². The van der Waals surface area contributed by atoms with E-state index >= 15 is 0 Å². The van der Waals surface area contributed by atoms with Gasteiger partial charge >= 0.3 is 30.0 Å². The number of para-hydroxylation sites is 1. The van der Waals surface area contributed by atoms with E-state index in [9.17, 15) is 34.2 Å². The fraction of sp³-hybridized carbons (Fsp3) is 0.606. The molecule has 0 fully saturated rings. The first kappa shape index (κ1) is 38.8. The second-order valence-electron chi connectivity index (χ2n) is 13.9. The lowest BCUT2D eigenvalue weighted by Gasteiger charge is -2.54. The van der Waals surface area contributed by atoms with E-state index in [1.165, 1.54) is 0 Å². The van der Waals surface area contributed by atoms with Gasteiger partial charge in [-0.1, -0.05) is 38.8 Å². The van der Waals surface area contributed by atoms with Crippen molar-refractivity contribution in [3.8, 4) is 12.3 Å². The molecule has 12 nitrogen and oxygen atoms in total. The molecule has 0 saturated carbocycles. The average molecular weight is 631 g/mol. The highest BCUT2D eigenvalue weighted by Crippen LogP contribution is 2.43. The Morgan fingerprint density at radius 1 is 0.956 bits per heavy atom. The van der Waals surface area contributed by atoms with Crippen molar-refractivity contribution in [2.75, 3.05) is 11.9 Å². The van der Waals surface area contributed by atoms with Crippen LogP contribution in [0.5, 0.6) is 0 Å². The number of urea groups is 2. The number of nitrogens with zero attached hydrogens (tertiary/aromatic N) is 1. The topological polar surface area (TPSA) is 174 Å². The van der Waals surface area contributed by atoms with Crippen molar-refractivity contribution < 1.29 is 38.9 Å². The summed E-state index contributed by atoms with van der Waals surface area (Å²) in [6.45, 7) is 15.2. The van der Waals surface area contributed by atoms with Crippen molar-refractivity contribution in [1.29, 1.82) is 0 Å². The zero-order valence-corrected chi connectivity index (χ0v) is 28.0. The summed E-state index contributed by atoms with van der Waals surface area (Å²) < 4.78 is 5.57. The van der Waals surface area contributed by atoms with Crippen LogP contribution in [0.2, 0.25) is 0 Å². The number of nitrogens with one attached hydrogen (secondary N) is 3. The third-order valence-electron chi connectivity index (χ3n) is 7.08. The first-order valence-corrected chi connectivity index (χ1v) is 15.0. The molecule has 0 unspecified atom stereocenters. The van der Waals surface area contributed by atoms with Gasteiger partial charge in [0.05, 0.1) is 5.69 Å². The first-order chi connectivity index (χ1) is 20.6. The number of carboxylic acid groups (broad SMARTS) is 2. The summed E-state index contributed by atoms with van der Waals surface area (Å²) in [5.74, 6) is -0.761. The zero-order chi connectivity index (χ0) is 34.8. The lowest BCUT2D eigenvalue weighted by Crippen LogP contribution is -2.71. The van der Waals surface area contributed by atoms with Crippen LogP contribution in [0.4, 0.5) is 15.3 Å². The molecule has 45 heavy (non-hydrogen) atoms. The molecule has 1 rings (SSSR count). The maximum atomic E-state index is 14.0. The quantitative estimate of drug-likeness (QED) is 0.112. The number of terminal acetylenes is 1. The van der Waals surface area contributed by atoms with Crippen LogP contribution in [-0.2, 0) is 19.1 Å². The second-order valence-corrected chi connectivity index (χ2v) is 13.9. The Kier molecular flexibility index (Phi) is 13.5. The molecule has 0 aliphatic rings. The first-order valence-electron chi connectivity index (χ1n) is 15.0. The summed E-state index contributed by atoms with van der Waals surface area (Å²) >= 11 is 0. The summed E-state index contributed by atoms with van der Waals surface area (Å²) in [5, 5.41) is 28.1. The number of rotatable bonds is 13. The van der Waals surface area contributed by atoms with Crippen LogP contribution < -0.4 is 16.0 Å². The molecule has 0 bridgehead atoms. The molecule has 0 aliphatic carbocycles. The van der Waals surface area contributed by atoms with E-state index in [4.69, 9.17) is 11.2 Å². The number of hydrogen-bond donors (Lipinski definition) is 5. The van der Waals surface area contributed by atoms with Crippen molar-refractivity contribution in [3.05, 3.63) is 29.8 Å². The molecule has 250 valence electrons. The van der Waals surface area contributed by atoms with Gasteiger partial charge in [-0.15, -0.1) is 6.42 Å². The van der Waals surface area contributed by atoms with E-state index in [1.54, 1.807) is 86.6 Å². The Morgan fingerprint density at radius 2 is 1.56 bits per heavy atom. The SMILES string of the molecule is C#Cc1ccccc1NC(=O)NCCCC[C@H](NC(=O)N(C(C)(C)C)[C@@](CCC(=O)O)(C(=O)O)C(C)(C)C)C(=O)OC(C)(C)C. The fourth-order valence-electron chi connectivity index (χ4n) is 5.08. The number of ether oxygens (including phenoxy) is 1. The molecule has 2 atom stereocenters. The van der Waals surface area contributed by atoms with Crippen LogP contribution in [-0.4, -0.2) is 74.3 Å². The minimum absolute atomic E-state index is 0.132. The molecule has 0 spiro atoms. The van der Waals surface area contributed by atoms with E-state index < -0.39 is 64.5 Å². The van der Waals surface area contributed by atoms with Gasteiger partial charge in [0.2, 0.25) is 0 Å². The van der Waals surface area contributed by atoms with Gasteiger partial charge in [-0.05, 0) is 84.8 Å². The monoisotopic (exact) mass is 630 g/mol.